The molecule has 1 aromatic rings. The van der Waals surface area contributed by atoms with Gasteiger partial charge in [0.05, 0.1) is 6.33 Å². The Hall–Kier alpha value is -0.725. The number of nitrogens with one attached hydrogen (secondary N) is 1. The minimum absolute atomic E-state index is 1.11. The molecular weight excluding hydrogens is 98.9 g/mol. The number of rotatable bonds is 2. The summed E-state index contributed by atoms with van der Waals surface area (Å²) in [5, 5.41) is 0. The maximum absolute atomic E-state index is 3.89. The van der Waals surface area contributed by atoms with Gasteiger partial charge in [0.15, 0.2) is 0 Å². The molecule has 0 aliphatic carbocycles. The van der Waals surface area contributed by atoms with Crippen LogP contribution < -0.4 is 0 Å². The summed E-state index contributed by atoms with van der Waals surface area (Å²) in [6.45, 7) is 0. The molecule has 0 spiro atoms. The number of nitrogens with zero attached hydrogens (tertiary/aromatic N) is 1. The lowest BCUT2D eigenvalue weighted by Gasteiger charge is -1.85. The van der Waals surface area contributed by atoms with Crippen LogP contribution in [0.1, 0.15) is 5.69 Å². The van der Waals surface area contributed by atoms with Gasteiger partial charge in [-0.3, -0.25) is 0 Å². The van der Waals surface area contributed by atoms with E-state index in [0.29, 0.717) is 0 Å². The highest BCUT2D eigenvalue weighted by Crippen LogP contribution is 1.93. The number of aryl methyl sites for hydroxylation is 1. The second-order valence-corrected chi connectivity index (χ2v) is 1.83. The Morgan fingerprint density at radius 2 is 2.62 bits per heavy atom. The van der Waals surface area contributed by atoms with Crippen LogP contribution in [0.5, 0.6) is 0 Å². The molecule has 1 aromatic heterocycles. The van der Waals surface area contributed by atoms with Gasteiger partial charge in [0.2, 0.25) is 0 Å². The van der Waals surface area contributed by atoms with Crippen molar-refractivity contribution in [3.05, 3.63) is 18.2 Å². The third-order valence-corrected chi connectivity index (χ3v) is 1.07. The van der Waals surface area contributed by atoms with Gasteiger partial charge in [-0.15, -0.1) is 0 Å². The molecule has 0 bridgehead atoms. The zero-order valence-corrected chi connectivity index (χ0v) is 5.02. The molecule has 0 aliphatic rings. The van der Waals surface area contributed by atoms with Crippen molar-refractivity contribution in [1.29, 1.82) is 0 Å². The predicted molar refractivity (Wildman–Crippen MR) is 35.6 cm³/mol. The molecule has 2 nitrogen and oxygen atoms in total. The lowest BCUT2D eigenvalue weighted by molar-refractivity contribution is 1.06. The van der Waals surface area contributed by atoms with Crippen molar-refractivity contribution >= 4 is 7.85 Å². The van der Waals surface area contributed by atoms with Gasteiger partial charge in [-0.25, -0.2) is 4.98 Å². The van der Waals surface area contributed by atoms with E-state index in [4.69, 9.17) is 0 Å². The van der Waals surface area contributed by atoms with E-state index in [1.807, 2.05) is 6.20 Å². The van der Waals surface area contributed by atoms with Crippen LogP contribution in [0.3, 0.4) is 0 Å². The molecule has 0 atom stereocenters. The molecule has 42 valence electrons. The van der Waals surface area contributed by atoms with Gasteiger partial charge < -0.3 is 4.98 Å². The minimum Gasteiger partial charge on any atom is -0.349 e. The number of hydrogen-bond acceptors (Lipinski definition) is 1. The molecule has 8 heavy (non-hydrogen) atoms. The lowest BCUT2D eigenvalue weighted by atomic mass is 10.0. The maximum atomic E-state index is 3.89. The first-order chi connectivity index (χ1) is 3.93. The third-order valence-electron chi connectivity index (χ3n) is 1.07. The molecule has 1 rings (SSSR count). The Morgan fingerprint density at radius 3 is 3.12 bits per heavy atom. The fourth-order valence-electron chi connectivity index (χ4n) is 0.691. The summed E-state index contributed by atoms with van der Waals surface area (Å²) < 4.78 is 0. The average molecular weight is 108 g/mol. The van der Waals surface area contributed by atoms with Crippen molar-refractivity contribution in [3.63, 3.8) is 0 Å². The van der Waals surface area contributed by atoms with Crippen LogP contribution in [0, 0.1) is 0 Å². The molecule has 1 heterocycles. The van der Waals surface area contributed by atoms with Crippen LogP contribution in [-0.4, -0.2) is 17.8 Å². The highest BCUT2D eigenvalue weighted by Gasteiger charge is 1.86. The molecule has 3 heteroatoms. The molecular formula is C5H9BN2. The summed E-state index contributed by atoms with van der Waals surface area (Å²) >= 11 is 0. The normalized spacial score (nSPS) is 9.50. The molecule has 0 aromatic carbocycles. The van der Waals surface area contributed by atoms with Gasteiger partial charge in [-0.1, -0.05) is 6.32 Å². The smallest absolute Gasteiger partial charge is 0.101 e. The van der Waals surface area contributed by atoms with Crippen molar-refractivity contribution in [2.45, 2.75) is 12.7 Å². The van der Waals surface area contributed by atoms with Crippen LogP contribution in [0.25, 0.3) is 0 Å². The van der Waals surface area contributed by atoms with E-state index < -0.39 is 0 Å². The Labute approximate surface area is 49.7 Å². The van der Waals surface area contributed by atoms with E-state index in [0.717, 1.165) is 6.42 Å². The zero-order valence-electron chi connectivity index (χ0n) is 5.02. The summed E-state index contributed by atoms with van der Waals surface area (Å²) in [4.78, 5) is 6.91. The second kappa shape index (κ2) is 2.55. The van der Waals surface area contributed by atoms with Crippen molar-refractivity contribution in [3.8, 4) is 0 Å². The highest BCUT2D eigenvalue weighted by atomic mass is 14.8. The van der Waals surface area contributed by atoms with Crippen LogP contribution >= 0.6 is 0 Å². The summed E-state index contributed by atoms with van der Waals surface area (Å²) in [6.07, 6.45) is 5.87. The third kappa shape index (κ3) is 1.12. The Bertz CT molecular complexity index is 136. The summed E-state index contributed by atoms with van der Waals surface area (Å²) in [5.41, 5.74) is 1.23. The molecule has 0 aliphatic heterocycles. The monoisotopic (exact) mass is 108 g/mol. The molecule has 0 amide bonds. The lowest BCUT2D eigenvalue weighted by Crippen LogP contribution is -1.80. The van der Waals surface area contributed by atoms with Gasteiger partial charge in [-0.2, -0.15) is 0 Å². The second-order valence-electron chi connectivity index (χ2n) is 1.83. The van der Waals surface area contributed by atoms with Crippen LogP contribution in [0.15, 0.2) is 12.5 Å². The topological polar surface area (TPSA) is 28.7 Å². The predicted octanol–water partition coefficient (Wildman–Crippen LogP) is 0.00360. The van der Waals surface area contributed by atoms with E-state index in [9.17, 15) is 0 Å². The first-order valence-electron chi connectivity index (χ1n) is 2.90. The first kappa shape index (κ1) is 5.41. The van der Waals surface area contributed by atoms with Gasteiger partial charge in [0, 0.05) is 11.9 Å². The van der Waals surface area contributed by atoms with Crippen LogP contribution in [0.4, 0.5) is 0 Å². The van der Waals surface area contributed by atoms with E-state index in [1.165, 1.54) is 12.0 Å². The summed E-state index contributed by atoms with van der Waals surface area (Å²) in [6, 6.07) is 0. The number of aromatic nitrogens is 2. The summed E-state index contributed by atoms with van der Waals surface area (Å²) in [5.74, 6) is 0. The van der Waals surface area contributed by atoms with Gasteiger partial charge in [-0.05, 0) is 6.42 Å². The average Bonchev–Trinajstić information content (AvgIpc) is 2.19. The molecule has 0 saturated carbocycles. The molecule has 0 radical (unpaired) electrons. The number of H-pyrrole nitrogens is 1. The highest BCUT2D eigenvalue weighted by molar-refractivity contribution is 6.08. The standard InChI is InChI=1S/C5H9BN2/c6-2-1-5-3-7-4-8-5/h3-4H,1-2,6H2,(H,7,8). The van der Waals surface area contributed by atoms with Crippen LogP contribution in [0.2, 0.25) is 6.32 Å². The fraction of sp³-hybridized carbons (Fsp3) is 0.400. The van der Waals surface area contributed by atoms with Gasteiger partial charge >= 0.3 is 0 Å². The van der Waals surface area contributed by atoms with E-state index in [1.54, 1.807) is 6.33 Å². The maximum Gasteiger partial charge on any atom is 0.101 e. The molecule has 1 N–H and O–H groups in total. The quantitative estimate of drug-likeness (QED) is 0.531. The first-order valence-corrected chi connectivity index (χ1v) is 2.90. The van der Waals surface area contributed by atoms with Crippen LogP contribution in [-0.2, 0) is 6.42 Å². The summed E-state index contributed by atoms with van der Waals surface area (Å²) in [7, 11) is 2.15. The van der Waals surface area contributed by atoms with Gasteiger partial charge in [0.1, 0.15) is 7.85 Å². The Kier molecular flexibility index (Phi) is 1.73. The van der Waals surface area contributed by atoms with Crippen molar-refractivity contribution in [1.82, 2.24) is 9.97 Å². The number of imidazole rings is 1. The van der Waals surface area contributed by atoms with Gasteiger partial charge in [0.25, 0.3) is 0 Å². The molecule has 0 saturated heterocycles. The Balaban J connectivity index is 2.50. The van der Waals surface area contributed by atoms with E-state index in [2.05, 4.69) is 17.8 Å². The Morgan fingerprint density at radius 1 is 1.75 bits per heavy atom. The van der Waals surface area contributed by atoms with E-state index >= 15 is 0 Å². The minimum atomic E-state index is 1.11. The number of hydrogen-bond donors (Lipinski definition) is 1. The van der Waals surface area contributed by atoms with Crippen molar-refractivity contribution in [2.75, 3.05) is 0 Å². The number of aromatic amines is 1. The molecule has 0 fully saturated rings. The largest absolute Gasteiger partial charge is 0.349 e. The van der Waals surface area contributed by atoms with Crippen molar-refractivity contribution in [2.24, 2.45) is 0 Å². The molecule has 0 unspecified atom stereocenters. The van der Waals surface area contributed by atoms with Crippen molar-refractivity contribution < 1.29 is 0 Å². The fourth-order valence-corrected chi connectivity index (χ4v) is 0.691. The zero-order chi connectivity index (χ0) is 5.82. The SMILES string of the molecule is BCCc1cnc[nH]1. The van der Waals surface area contributed by atoms with E-state index in [-0.39, 0.29) is 0 Å².